The minimum absolute atomic E-state index is 0.00565. The van der Waals surface area contributed by atoms with E-state index in [0.29, 0.717) is 17.0 Å². The number of aliphatic imine (C=N–C) groups is 1. The zero-order valence-electron chi connectivity index (χ0n) is 14.9. The average molecular weight is 345 g/mol. The molecule has 1 aromatic carbocycles. The van der Waals surface area contributed by atoms with Crippen LogP contribution < -0.4 is 0 Å². The molecule has 134 valence electrons. The predicted molar refractivity (Wildman–Crippen MR) is 93.4 cm³/mol. The monoisotopic (exact) mass is 345 g/mol. The fourth-order valence-corrected chi connectivity index (χ4v) is 3.13. The van der Waals surface area contributed by atoms with Crippen molar-refractivity contribution in [2.24, 2.45) is 10.9 Å². The quantitative estimate of drug-likeness (QED) is 0.829. The smallest absolute Gasteiger partial charge is 0.336 e. The molecule has 1 aliphatic heterocycles. The molecule has 1 heterocycles. The Kier molecular flexibility index (Phi) is 5.96. The van der Waals surface area contributed by atoms with Gasteiger partial charge in [-0.1, -0.05) is 18.2 Å². The second kappa shape index (κ2) is 7.96. The number of carbonyl (C=O) groups excluding carboxylic acids is 2. The third-order valence-corrected chi connectivity index (χ3v) is 4.14. The van der Waals surface area contributed by atoms with Crippen molar-refractivity contribution in [2.75, 3.05) is 13.2 Å². The minimum atomic E-state index is -0.795. The lowest BCUT2D eigenvalue weighted by atomic mass is 9.75. The van der Waals surface area contributed by atoms with Crippen LogP contribution in [-0.2, 0) is 19.1 Å². The van der Waals surface area contributed by atoms with Crippen molar-refractivity contribution in [3.63, 3.8) is 0 Å². The van der Waals surface area contributed by atoms with Crippen LogP contribution in [-0.4, -0.2) is 36.0 Å². The molecule has 0 fully saturated rings. The van der Waals surface area contributed by atoms with Crippen LogP contribution >= 0.6 is 0 Å². The Morgan fingerprint density at radius 2 is 1.76 bits per heavy atom. The molecular formula is C19H23NO5. The van der Waals surface area contributed by atoms with Gasteiger partial charge in [-0.15, -0.1) is 0 Å². The molecule has 0 saturated heterocycles. The summed E-state index contributed by atoms with van der Waals surface area (Å²) in [6, 6.07) is 6.65. The lowest BCUT2D eigenvalue weighted by Gasteiger charge is -2.31. The van der Waals surface area contributed by atoms with Gasteiger partial charge in [-0.05, 0) is 33.8 Å². The summed E-state index contributed by atoms with van der Waals surface area (Å²) in [6.45, 7) is 7.27. The molecule has 0 bridgehead atoms. The van der Waals surface area contributed by atoms with Crippen molar-refractivity contribution in [3.05, 3.63) is 41.1 Å². The molecule has 2 atom stereocenters. The van der Waals surface area contributed by atoms with Crippen LogP contribution in [0.15, 0.2) is 40.5 Å². The lowest BCUT2D eigenvalue weighted by Crippen LogP contribution is -2.36. The van der Waals surface area contributed by atoms with E-state index in [9.17, 15) is 14.7 Å². The van der Waals surface area contributed by atoms with Crippen molar-refractivity contribution < 1.29 is 24.2 Å². The maximum Gasteiger partial charge on any atom is 0.336 e. The number of carbonyl (C=O) groups is 2. The van der Waals surface area contributed by atoms with Crippen molar-refractivity contribution in [3.8, 4) is 5.75 Å². The number of allylic oxidation sites excluding steroid dienone is 1. The summed E-state index contributed by atoms with van der Waals surface area (Å²) >= 11 is 0. The second-order valence-corrected chi connectivity index (χ2v) is 5.74. The number of aromatic hydroxyl groups is 1. The topological polar surface area (TPSA) is 85.2 Å². The van der Waals surface area contributed by atoms with E-state index in [2.05, 4.69) is 4.99 Å². The lowest BCUT2D eigenvalue weighted by molar-refractivity contribution is -0.146. The van der Waals surface area contributed by atoms with Gasteiger partial charge >= 0.3 is 11.9 Å². The van der Waals surface area contributed by atoms with Gasteiger partial charge < -0.3 is 14.6 Å². The molecule has 0 saturated carbocycles. The SMILES string of the molecule is CCOC(=O)C1=C(C)N=C(C)C(C(=O)OCC)C1c1ccccc1O. The minimum Gasteiger partial charge on any atom is -0.508 e. The molecule has 0 spiro atoms. The van der Waals surface area contributed by atoms with Crippen LogP contribution in [0.1, 0.15) is 39.2 Å². The number of para-hydroxylation sites is 1. The number of hydrogen-bond donors (Lipinski definition) is 1. The van der Waals surface area contributed by atoms with Crippen molar-refractivity contribution in [1.29, 1.82) is 0 Å². The van der Waals surface area contributed by atoms with E-state index in [1.165, 1.54) is 6.07 Å². The normalized spacial score (nSPS) is 20.1. The number of hydrogen-bond acceptors (Lipinski definition) is 6. The van der Waals surface area contributed by atoms with Gasteiger partial charge in [0.2, 0.25) is 0 Å². The van der Waals surface area contributed by atoms with Crippen LogP contribution in [0.4, 0.5) is 0 Å². The molecule has 6 nitrogen and oxygen atoms in total. The highest BCUT2D eigenvalue weighted by molar-refractivity contribution is 6.07. The molecular weight excluding hydrogens is 322 g/mol. The Morgan fingerprint density at radius 3 is 2.36 bits per heavy atom. The van der Waals surface area contributed by atoms with Gasteiger partial charge in [0.05, 0.1) is 18.8 Å². The third-order valence-electron chi connectivity index (χ3n) is 4.14. The summed E-state index contributed by atoms with van der Waals surface area (Å²) in [7, 11) is 0. The summed E-state index contributed by atoms with van der Waals surface area (Å²) in [4.78, 5) is 29.5. The molecule has 0 amide bonds. The van der Waals surface area contributed by atoms with E-state index in [1.54, 1.807) is 45.9 Å². The fraction of sp³-hybridized carbons (Fsp3) is 0.421. The first kappa shape index (κ1) is 18.7. The zero-order chi connectivity index (χ0) is 18.6. The summed E-state index contributed by atoms with van der Waals surface area (Å²) in [5.74, 6) is -2.52. The molecule has 0 radical (unpaired) electrons. The van der Waals surface area contributed by atoms with Crippen molar-refractivity contribution >= 4 is 17.7 Å². The highest BCUT2D eigenvalue weighted by Crippen LogP contribution is 2.42. The Labute approximate surface area is 147 Å². The van der Waals surface area contributed by atoms with Gasteiger partial charge in [0.15, 0.2) is 0 Å². The van der Waals surface area contributed by atoms with Gasteiger partial charge in [0.25, 0.3) is 0 Å². The Hall–Kier alpha value is -2.63. The van der Waals surface area contributed by atoms with Crippen LogP contribution in [0.2, 0.25) is 0 Å². The van der Waals surface area contributed by atoms with Gasteiger partial charge in [0, 0.05) is 22.9 Å². The van der Waals surface area contributed by atoms with E-state index in [1.807, 2.05) is 0 Å². The molecule has 1 aromatic rings. The Morgan fingerprint density at radius 1 is 1.12 bits per heavy atom. The summed E-state index contributed by atoms with van der Waals surface area (Å²) in [6.07, 6.45) is 0. The first-order valence-electron chi connectivity index (χ1n) is 8.29. The van der Waals surface area contributed by atoms with E-state index in [4.69, 9.17) is 9.47 Å². The molecule has 6 heteroatoms. The molecule has 0 aliphatic carbocycles. The maximum atomic E-state index is 12.6. The van der Waals surface area contributed by atoms with E-state index >= 15 is 0 Å². The molecule has 1 N–H and O–H groups in total. The number of phenolic OH excluding ortho intramolecular Hbond substituents is 1. The van der Waals surface area contributed by atoms with Gasteiger partial charge in [-0.3, -0.25) is 9.79 Å². The number of esters is 2. The first-order chi connectivity index (χ1) is 11.9. The summed E-state index contributed by atoms with van der Waals surface area (Å²) in [5.41, 5.74) is 1.76. The number of rotatable bonds is 5. The average Bonchev–Trinajstić information content (AvgIpc) is 2.54. The predicted octanol–water partition coefficient (Wildman–Crippen LogP) is 2.97. The van der Waals surface area contributed by atoms with E-state index in [-0.39, 0.29) is 24.5 Å². The molecule has 0 aromatic heterocycles. The summed E-state index contributed by atoms with van der Waals surface area (Å²) in [5, 5.41) is 10.3. The maximum absolute atomic E-state index is 12.6. The van der Waals surface area contributed by atoms with Crippen molar-refractivity contribution in [1.82, 2.24) is 0 Å². The molecule has 1 aliphatic rings. The number of ether oxygens (including phenoxy) is 2. The van der Waals surface area contributed by atoms with Gasteiger partial charge in [0.1, 0.15) is 11.7 Å². The zero-order valence-corrected chi connectivity index (χ0v) is 14.9. The third kappa shape index (κ3) is 3.73. The van der Waals surface area contributed by atoms with Crippen LogP contribution in [0, 0.1) is 5.92 Å². The first-order valence-corrected chi connectivity index (χ1v) is 8.29. The standard InChI is InChI=1S/C19H23NO5/c1-5-24-18(22)15-11(3)20-12(4)16(19(23)25-6-2)17(15)13-9-7-8-10-14(13)21/h7-10,15,17,21H,5-6H2,1-4H3. The summed E-state index contributed by atoms with van der Waals surface area (Å²) < 4.78 is 10.4. The molecule has 2 rings (SSSR count). The van der Waals surface area contributed by atoms with E-state index in [0.717, 1.165) is 0 Å². The Bertz CT molecular complexity index is 735. The van der Waals surface area contributed by atoms with E-state index < -0.39 is 23.8 Å². The molecule has 2 unspecified atom stereocenters. The van der Waals surface area contributed by atoms with Gasteiger partial charge in [-0.2, -0.15) is 0 Å². The van der Waals surface area contributed by atoms with Crippen LogP contribution in [0.25, 0.3) is 0 Å². The second-order valence-electron chi connectivity index (χ2n) is 5.74. The Balaban J connectivity index is 2.65. The number of nitrogens with zero attached hydrogens (tertiary/aromatic N) is 1. The number of benzene rings is 1. The van der Waals surface area contributed by atoms with Crippen LogP contribution in [0.5, 0.6) is 5.75 Å². The fourth-order valence-electron chi connectivity index (χ4n) is 3.13. The molecule has 25 heavy (non-hydrogen) atoms. The highest BCUT2D eigenvalue weighted by Gasteiger charge is 2.43. The van der Waals surface area contributed by atoms with Gasteiger partial charge in [-0.25, -0.2) is 4.79 Å². The van der Waals surface area contributed by atoms with Crippen molar-refractivity contribution in [2.45, 2.75) is 33.6 Å². The highest BCUT2D eigenvalue weighted by atomic mass is 16.5. The van der Waals surface area contributed by atoms with Crippen LogP contribution in [0.3, 0.4) is 0 Å². The number of phenols is 1. The largest absolute Gasteiger partial charge is 0.508 e.